The SMILES string of the molecule is Cl.Cl.FC(F)(F)Oc1ccc([C@H](c2ccc3cc[nH]c3c2)N2CCNCC2)cc1. The molecule has 2 N–H and O–H groups in total. The van der Waals surface area contributed by atoms with E-state index in [-0.39, 0.29) is 36.6 Å². The van der Waals surface area contributed by atoms with Gasteiger partial charge in [0.2, 0.25) is 0 Å². The molecule has 2 aromatic carbocycles. The van der Waals surface area contributed by atoms with Crippen LogP contribution in [-0.2, 0) is 0 Å². The van der Waals surface area contributed by atoms with Gasteiger partial charge in [-0.25, -0.2) is 0 Å². The number of nitrogens with zero attached hydrogens (tertiary/aromatic N) is 1. The molecule has 29 heavy (non-hydrogen) atoms. The zero-order chi connectivity index (χ0) is 18.9. The summed E-state index contributed by atoms with van der Waals surface area (Å²) in [6.45, 7) is 3.51. The highest BCUT2D eigenvalue weighted by molar-refractivity contribution is 5.85. The Balaban J connectivity index is 0.00000150. The third-order valence-electron chi connectivity index (χ3n) is 4.84. The van der Waals surface area contributed by atoms with Crippen molar-refractivity contribution in [2.45, 2.75) is 12.4 Å². The van der Waals surface area contributed by atoms with E-state index in [2.05, 4.69) is 38.1 Å². The number of halogens is 5. The van der Waals surface area contributed by atoms with Gasteiger partial charge >= 0.3 is 6.36 Å². The topological polar surface area (TPSA) is 40.3 Å². The molecule has 2 heterocycles. The van der Waals surface area contributed by atoms with Crippen LogP contribution in [0.5, 0.6) is 5.75 Å². The molecule has 9 heteroatoms. The predicted octanol–water partition coefficient (Wildman–Crippen LogP) is 4.90. The Labute approximate surface area is 179 Å². The third kappa shape index (κ3) is 5.57. The van der Waals surface area contributed by atoms with E-state index >= 15 is 0 Å². The van der Waals surface area contributed by atoms with Crippen molar-refractivity contribution in [1.82, 2.24) is 15.2 Å². The molecule has 3 aromatic rings. The number of aromatic amines is 1. The fraction of sp³-hybridized carbons (Fsp3) is 0.300. The molecule has 1 atom stereocenters. The number of fused-ring (bicyclic) bond motifs is 1. The van der Waals surface area contributed by atoms with Gasteiger partial charge in [0.05, 0.1) is 6.04 Å². The van der Waals surface area contributed by atoms with Crippen LogP contribution in [0.1, 0.15) is 17.2 Å². The van der Waals surface area contributed by atoms with E-state index in [1.165, 1.54) is 12.1 Å². The highest BCUT2D eigenvalue weighted by atomic mass is 35.5. The number of benzene rings is 2. The number of aromatic nitrogens is 1. The second kappa shape index (κ2) is 9.71. The Kier molecular flexibility index (Phi) is 7.82. The fourth-order valence-corrected chi connectivity index (χ4v) is 3.64. The Morgan fingerprint density at radius 1 is 0.897 bits per heavy atom. The fourth-order valence-electron chi connectivity index (χ4n) is 3.64. The minimum absolute atomic E-state index is 0. The number of hydrogen-bond donors (Lipinski definition) is 2. The Morgan fingerprint density at radius 3 is 2.21 bits per heavy atom. The van der Waals surface area contributed by atoms with Crippen LogP contribution in [0.3, 0.4) is 0 Å². The number of ether oxygens (including phenoxy) is 1. The highest BCUT2D eigenvalue weighted by Crippen LogP contribution is 2.32. The van der Waals surface area contributed by atoms with Gasteiger partial charge in [0.25, 0.3) is 0 Å². The Morgan fingerprint density at radius 2 is 1.55 bits per heavy atom. The van der Waals surface area contributed by atoms with E-state index in [0.717, 1.165) is 48.2 Å². The zero-order valence-corrected chi connectivity index (χ0v) is 17.0. The van der Waals surface area contributed by atoms with Gasteiger partial charge in [0, 0.05) is 37.9 Å². The van der Waals surface area contributed by atoms with Crippen molar-refractivity contribution in [2.75, 3.05) is 26.2 Å². The van der Waals surface area contributed by atoms with Gasteiger partial charge < -0.3 is 15.0 Å². The van der Waals surface area contributed by atoms with Gasteiger partial charge in [-0.05, 0) is 40.8 Å². The van der Waals surface area contributed by atoms with Crippen LogP contribution < -0.4 is 10.1 Å². The molecular formula is C20H22Cl2F3N3O. The summed E-state index contributed by atoms with van der Waals surface area (Å²) in [6, 6.07) is 14.4. The van der Waals surface area contributed by atoms with Gasteiger partial charge in [-0.15, -0.1) is 38.0 Å². The predicted molar refractivity (Wildman–Crippen MR) is 112 cm³/mol. The number of rotatable bonds is 4. The normalized spacial score (nSPS) is 16.0. The lowest BCUT2D eigenvalue weighted by atomic mass is 9.95. The van der Waals surface area contributed by atoms with Crippen molar-refractivity contribution in [3.05, 3.63) is 65.9 Å². The lowest BCUT2D eigenvalue weighted by Gasteiger charge is -2.35. The summed E-state index contributed by atoms with van der Waals surface area (Å²) in [7, 11) is 0. The molecule has 0 aliphatic carbocycles. The van der Waals surface area contributed by atoms with Gasteiger partial charge in [0.15, 0.2) is 0 Å². The van der Waals surface area contributed by atoms with Crippen molar-refractivity contribution in [1.29, 1.82) is 0 Å². The molecule has 0 radical (unpaired) electrons. The monoisotopic (exact) mass is 447 g/mol. The standard InChI is InChI=1S/C20H20F3N3O.2ClH/c21-20(22,23)27-17-5-3-15(4-6-17)19(26-11-9-24-10-12-26)16-2-1-14-7-8-25-18(14)13-16;;/h1-8,13,19,24-25H,9-12H2;2*1H/t19-;;/m1../s1. The second-order valence-corrected chi connectivity index (χ2v) is 6.63. The number of piperazine rings is 1. The van der Waals surface area contributed by atoms with Crippen molar-refractivity contribution < 1.29 is 17.9 Å². The maximum atomic E-state index is 12.4. The molecule has 0 unspecified atom stereocenters. The molecule has 1 aliphatic rings. The van der Waals surface area contributed by atoms with Crippen molar-refractivity contribution in [2.24, 2.45) is 0 Å². The molecule has 0 amide bonds. The number of hydrogen-bond acceptors (Lipinski definition) is 3. The lowest BCUT2D eigenvalue weighted by Crippen LogP contribution is -2.45. The van der Waals surface area contributed by atoms with Crippen LogP contribution in [0.4, 0.5) is 13.2 Å². The lowest BCUT2D eigenvalue weighted by molar-refractivity contribution is -0.274. The average molecular weight is 448 g/mol. The smallest absolute Gasteiger partial charge is 0.406 e. The van der Waals surface area contributed by atoms with Crippen LogP contribution in [0, 0.1) is 0 Å². The summed E-state index contributed by atoms with van der Waals surface area (Å²) < 4.78 is 41.3. The van der Waals surface area contributed by atoms with Gasteiger partial charge in [-0.3, -0.25) is 4.90 Å². The van der Waals surface area contributed by atoms with Crippen LogP contribution in [0.2, 0.25) is 0 Å². The first-order chi connectivity index (χ1) is 13.0. The van der Waals surface area contributed by atoms with Gasteiger partial charge in [0.1, 0.15) is 5.75 Å². The van der Waals surface area contributed by atoms with E-state index in [4.69, 9.17) is 0 Å². The minimum atomic E-state index is -4.68. The summed E-state index contributed by atoms with van der Waals surface area (Å²) in [4.78, 5) is 5.58. The van der Waals surface area contributed by atoms with E-state index in [9.17, 15) is 13.2 Å². The zero-order valence-electron chi connectivity index (χ0n) is 15.4. The van der Waals surface area contributed by atoms with E-state index in [1.54, 1.807) is 12.1 Å². The maximum absolute atomic E-state index is 12.4. The molecule has 4 nitrogen and oxygen atoms in total. The van der Waals surface area contributed by atoms with E-state index in [1.807, 2.05) is 12.3 Å². The average Bonchev–Trinajstić information content (AvgIpc) is 3.11. The minimum Gasteiger partial charge on any atom is -0.406 e. The summed E-state index contributed by atoms with van der Waals surface area (Å²) in [5.74, 6) is -0.204. The molecule has 1 fully saturated rings. The van der Waals surface area contributed by atoms with E-state index < -0.39 is 6.36 Å². The number of alkyl halides is 3. The van der Waals surface area contributed by atoms with E-state index in [0.29, 0.717) is 0 Å². The summed E-state index contributed by atoms with van der Waals surface area (Å²) >= 11 is 0. The summed E-state index contributed by atoms with van der Waals surface area (Å²) in [6.07, 6.45) is -2.78. The Bertz CT molecular complexity index is 909. The van der Waals surface area contributed by atoms with Crippen LogP contribution in [-0.4, -0.2) is 42.4 Å². The van der Waals surface area contributed by atoms with Crippen LogP contribution in [0.15, 0.2) is 54.7 Å². The van der Waals surface area contributed by atoms with Gasteiger partial charge in [-0.1, -0.05) is 24.3 Å². The highest BCUT2D eigenvalue weighted by Gasteiger charge is 2.31. The van der Waals surface area contributed by atoms with Gasteiger partial charge in [-0.2, -0.15) is 0 Å². The molecule has 158 valence electrons. The molecule has 0 bridgehead atoms. The summed E-state index contributed by atoms with van der Waals surface area (Å²) in [5, 5.41) is 4.47. The summed E-state index contributed by atoms with van der Waals surface area (Å²) in [5.41, 5.74) is 3.10. The second-order valence-electron chi connectivity index (χ2n) is 6.63. The van der Waals surface area contributed by atoms with Crippen LogP contribution in [0.25, 0.3) is 10.9 Å². The van der Waals surface area contributed by atoms with Crippen molar-refractivity contribution in [3.8, 4) is 5.75 Å². The molecular weight excluding hydrogens is 426 g/mol. The first kappa shape index (κ1) is 23.3. The van der Waals surface area contributed by atoms with Crippen LogP contribution >= 0.6 is 24.8 Å². The third-order valence-corrected chi connectivity index (χ3v) is 4.84. The molecule has 0 saturated carbocycles. The number of nitrogens with one attached hydrogen (secondary N) is 2. The quantitative estimate of drug-likeness (QED) is 0.597. The first-order valence-electron chi connectivity index (χ1n) is 8.87. The first-order valence-corrected chi connectivity index (χ1v) is 8.87. The molecule has 1 aliphatic heterocycles. The molecule has 0 spiro atoms. The van der Waals surface area contributed by atoms with Crippen molar-refractivity contribution in [3.63, 3.8) is 0 Å². The Hall–Kier alpha value is -1.93. The molecule has 1 saturated heterocycles. The molecule has 1 aromatic heterocycles. The number of H-pyrrole nitrogens is 1. The van der Waals surface area contributed by atoms with Crippen molar-refractivity contribution >= 4 is 35.7 Å². The maximum Gasteiger partial charge on any atom is 0.573 e. The largest absolute Gasteiger partial charge is 0.573 e. The molecule has 4 rings (SSSR count).